The lowest BCUT2D eigenvalue weighted by Crippen LogP contribution is -2.61. The summed E-state index contributed by atoms with van der Waals surface area (Å²) in [5, 5.41) is 44.9. The van der Waals surface area contributed by atoms with Gasteiger partial charge in [0.15, 0.2) is 6.29 Å². The summed E-state index contributed by atoms with van der Waals surface area (Å²) >= 11 is 0. The van der Waals surface area contributed by atoms with Crippen LogP contribution in [-0.2, 0) is 28.9 Å². The van der Waals surface area contributed by atoms with Crippen molar-refractivity contribution in [3.63, 3.8) is 0 Å². The Balaban J connectivity index is 2.18. The lowest BCUT2D eigenvalue weighted by molar-refractivity contribution is -0.298. The number of carbonyl (C=O) groups is 1. The van der Waals surface area contributed by atoms with Crippen LogP contribution in [0.15, 0.2) is 12.2 Å². The van der Waals surface area contributed by atoms with E-state index >= 15 is 0 Å². The molecule has 1 fully saturated rings. The maximum absolute atomic E-state index is 13.1. The maximum atomic E-state index is 13.1. The van der Waals surface area contributed by atoms with Gasteiger partial charge in [-0.1, -0.05) is 289 Å². The van der Waals surface area contributed by atoms with Crippen LogP contribution in [-0.4, -0.2) is 95.4 Å². The Bertz CT molecular complexity index is 1320. The summed E-state index contributed by atoms with van der Waals surface area (Å²) in [5.74, 6) is -0.257. The van der Waals surface area contributed by atoms with Crippen molar-refractivity contribution in [2.75, 3.05) is 13.2 Å². The van der Waals surface area contributed by atoms with Gasteiger partial charge in [0.25, 0.3) is 0 Å². The smallest absolute Gasteiger partial charge is 0.394 e. The van der Waals surface area contributed by atoms with Gasteiger partial charge in [-0.15, -0.1) is 0 Å². The fourth-order valence-electron chi connectivity index (χ4n) is 10.1. The molecule has 7 atom stereocenters. The standard InChI is InChI=1S/C59H115NO11S/c1-3-5-7-9-11-13-15-17-18-19-20-21-22-23-24-25-26-27-28-29-30-31-32-33-34-35-36-37-39-41-43-45-47-49-55(63)60-52(53(62)48-46-44-42-40-38-16-14-12-10-8-6-4-2)51-69-59-57(65)58(71-72(66,67)68)56(64)54(50-61)70-59/h46,48,52-54,56-59,61-62,64-65H,3-45,47,49-51H2,1-2H3,(H,60,63)(H,66,67,68)/b48-46+. The Kier molecular flexibility index (Phi) is 47.3. The third kappa shape index (κ3) is 41.1. The number of aliphatic hydroxyl groups excluding tert-OH is 4. The lowest BCUT2D eigenvalue weighted by atomic mass is 9.99. The van der Waals surface area contributed by atoms with E-state index in [0.29, 0.717) is 6.42 Å². The number of hydrogen-bond acceptors (Lipinski definition) is 10. The molecule has 1 aliphatic rings. The summed E-state index contributed by atoms with van der Waals surface area (Å²) in [6, 6.07) is -0.939. The first-order valence-corrected chi connectivity index (χ1v) is 31.9. The van der Waals surface area contributed by atoms with Crippen LogP contribution in [0, 0.1) is 0 Å². The molecule has 1 amide bonds. The molecule has 0 spiro atoms. The number of rotatable bonds is 54. The molecule has 0 aromatic heterocycles. The van der Waals surface area contributed by atoms with Crippen molar-refractivity contribution >= 4 is 16.3 Å². The summed E-state index contributed by atoms with van der Waals surface area (Å²) in [5.41, 5.74) is 0. The van der Waals surface area contributed by atoms with E-state index in [9.17, 15) is 38.2 Å². The third-order valence-electron chi connectivity index (χ3n) is 14.8. The van der Waals surface area contributed by atoms with Gasteiger partial charge < -0.3 is 35.2 Å². The third-order valence-corrected chi connectivity index (χ3v) is 15.3. The Morgan fingerprint density at radius 2 is 0.875 bits per heavy atom. The molecule has 7 unspecified atom stereocenters. The summed E-state index contributed by atoms with van der Waals surface area (Å²) in [4.78, 5) is 13.1. The average molecular weight is 1050 g/mol. The first kappa shape index (κ1) is 68.9. The molecule has 0 aromatic carbocycles. The second kappa shape index (κ2) is 49.4. The first-order valence-electron chi connectivity index (χ1n) is 30.6. The van der Waals surface area contributed by atoms with Crippen molar-refractivity contribution in [1.82, 2.24) is 5.32 Å². The van der Waals surface area contributed by atoms with Gasteiger partial charge in [0.05, 0.1) is 25.4 Å². The van der Waals surface area contributed by atoms with Gasteiger partial charge in [0.2, 0.25) is 5.91 Å². The molecule has 12 nitrogen and oxygen atoms in total. The van der Waals surface area contributed by atoms with Crippen LogP contribution in [0.2, 0.25) is 0 Å². The van der Waals surface area contributed by atoms with Crippen molar-refractivity contribution in [2.24, 2.45) is 0 Å². The van der Waals surface area contributed by atoms with E-state index in [1.807, 2.05) is 6.08 Å². The zero-order valence-electron chi connectivity index (χ0n) is 46.5. The zero-order chi connectivity index (χ0) is 52.6. The van der Waals surface area contributed by atoms with Crippen LogP contribution in [0.3, 0.4) is 0 Å². The van der Waals surface area contributed by atoms with Gasteiger partial charge in [-0.25, -0.2) is 4.18 Å². The molecule has 1 heterocycles. The van der Waals surface area contributed by atoms with E-state index in [1.54, 1.807) is 6.08 Å². The van der Waals surface area contributed by atoms with Gasteiger partial charge in [-0.3, -0.25) is 9.35 Å². The fourth-order valence-corrected chi connectivity index (χ4v) is 10.6. The lowest BCUT2D eigenvalue weighted by Gasteiger charge is -2.41. The Labute approximate surface area is 442 Å². The van der Waals surface area contributed by atoms with Gasteiger partial charge >= 0.3 is 10.4 Å². The van der Waals surface area contributed by atoms with Crippen LogP contribution < -0.4 is 5.32 Å². The van der Waals surface area contributed by atoms with Crippen LogP contribution in [0.25, 0.3) is 0 Å². The number of aliphatic hydroxyl groups is 4. The zero-order valence-corrected chi connectivity index (χ0v) is 47.3. The number of hydrogen-bond donors (Lipinski definition) is 6. The maximum Gasteiger partial charge on any atom is 0.397 e. The Morgan fingerprint density at radius 3 is 1.21 bits per heavy atom. The molecule has 1 rings (SSSR count). The van der Waals surface area contributed by atoms with Crippen molar-refractivity contribution in [3.8, 4) is 0 Å². The van der Waals surface area contributed by atoms with E-state index in [-0.39, 0.29) is 18.9 Å². The molecular weight excluding hydrogens is 931 g/mol. The molecule has 0 aromatic rings. The van der Waals surface area contributed by atoms with Gasteiger partial charge in [-0.05, 0) is 19.3 Å². The van der Waals surface area contributed by atoms with E-state index in [0.717, 1.165) is 38.5 Å². The molecule has 0 bridgehead atoms. The van der Waals surface area contributed by atoms with Crippen molar-refractivity contribution in [1.29, 1.82) is 0 Å². The van der Waals surface area contributed by atoms with Crippen LogP contribution >= 0.6 is 0 Å². The van der Waals surface area contributed by atoms with Gasteiger partial charge in [0, 0.05) is 6.42 Å². The molecule has 0 saturated carbocycles. The van der Waals surface area contributed by atoms with Crippen molar-refractivity contribution in [2.45, 2.75) is 346 Å². The van der Waals surface area contributed by atoms with Crippen LogP contribution in [0.1, 0.15) is 303 Å². The van der Waals surface area contributed by atoms with Gasteiger partial charge in [0.1, 0.15) is 24.4 Å². The first-order chi connectivity index (χ1) is 35.0. The second-order valence-electron chi connectivity index (χ2n) is 21.7. The largest absolute Gasteiger partial charge is 0.397 e. The van der Waals surface area contributed by atoms with Gasteiger partial charge in [-0.2, -0.15) is 8.42 Å². The van der Waals surface area contributed by atoms with E-state index in [1.165, 1.54) is 238 Å². The number of ether oxygens (including phenoxy) is 2. The van der Waals surface area contributed by atoms with E-state index in [4.69, 9.17) is 9.47 Å². The molecule has 13 heteroatoms. The number of allylic oxidation sites excluding steroid dienone is 1. The number of nitrogens with one attached hydrogen (secondary N) is 1. The molecule has 428 valence electrons. The topological polar surface area (TPSA) is 192 Å². The fraction of sp³-hybridized carbons (Fsp3) is 0.949. The monoisotopic (exact) mass is 1050 g/mol. The SMILES string of the molecule is CCCCCCCCCCCC/C=C/C(O)C(COC1OC(CO)C(O)C(OS(=O)(=O)O)C1O)NC(=O)CCCCCCCCCCCCCCCCCCCCCCCCCCCCCCCCCCC. The quantitative estimate of drug-likeness (QED) is 0.0193. The minimum atomic E-state index is -5.08. The predicted molar refractivity (Wildman–Crippen MR) is 296 cm³/mol. The molecule has 72 heavy (non-hydrogen) atoms. The summed E-state index contributed by atoms with van der Waals surface area (Å²) in [7, 11) is -5.08. The molecular formula is C59H115NO11S. The summed E-state index contributed by atoms with van der Waals surface area (Å²) in [6.45, 7) is 3.42. The van der Waals surface area contributed by atoms with Crippen LogP contribution in [0.4, 0.5) is 0 Å². The number of amides is 1. The molecule has 6 N–H and O–H groups in total. The minimum Gasteiger partial charge on any atom is -0.394 e. The second-order valence-corrected chi connectivity index (χ2v) is 22.7. The number of carbonyl (C=O) groups excluding carboxylic acids is 1. The van der Waals surface area contributed by atoms with Crippen molar-refractivity contribution < 1.29 is 51.8 Å². The van der Waals surface area contributed by atoms with E-state index in [2.05, 4.69) is 23.3 Å². The highest BCUT2D eigenvalue weighted by Gasteiger charge is 2.48. The summed E-state index contributed by atoms with van der Waals surface area (Å²) in [6.07, 6.45) is 51.6. The molecule has 0 radical (unpaired) electrons. The molecule has 1 aliphatic heterocycles. The highest BCUT2D eigenvalue weighted by Crippen LogP contribution is 2.26. The predicted octanol–water partition coefficient (Wildman–Crippen LogP) is 14.6. The summed E-state index contributed by atoms with van der Waals surface area (Å²) < 4.78 is 47.8. The molecule has 1 saturated heterocycles. The molecule has 0 aliphatic carbocycles. The normalized spacial score (nSPS) is 19.3. The van der Waals surface area contributed by atoms with Crippen LogP contribution in [0.5, 0.6) is 0 Å². The highest BCUT2D eigenvalue weighted by molar-refractivity contribution is 7.80. The number of unbranched alkanes of at least 4 members (excludes halogenated alkanes) is 42. The van der Waals surface area contributed by atoms with Crippen molar-refractivity contribution in [3.05, 3.63) is 12.2 Å². The Morgan fingerprint density at radius 1 is 0.542 bits per heavy atom. The Hall–Kier alpha value is -1.16. The minimum absolute atomic E-state index is 0.257. The average Bonchev–Trinajstić information content (AvgIpc) is 3.36. The van der Waals surface area contributed by atoms with E-state index < -0.39 is 59.9 Å². The highest BCUT2D eigenvalue weighted by atomic mass is 32.3.